The minimum atomic E-state index is -4.22. The van der Waals surface area contributed by atoms with Crippen LogP contribution in [0, 0.1) is 5.82 Å². The number of halogens is 4. The maximum atomic E-state index is 13.1. The molecule has 0 saturated heterocycles. The van der Waals surface area contributed by atoms with Gasteiger partial charge in [0.25, 0.3) is 0 Å². The minimum absolute atomic E-state index is 0.00346. The molecule has 0 amide bonds. The van der Waals surface area contributed by atoms with Gasteiger partial charge in [0.2, 0.25) is 0 Å². The molecule has 0 bridgehead atoms. The maximum absolute atomic E-state index is 13.1. The molecule has 1 aromatic carbocycles. The van der Waals surface area contributed by atoms with E-state index in [1.807, 2.05) is 0 Å². The summed E-state index contributed by atoms with van der Waals surface area (Å²) in [5.41, 5.74) is -0.733. The van der Waals surface area contributed by atoms with Crippen molar-refractivity contribution in [2.75, 3.05) is 0 Å². The molecule has 1 aliphatic rings. The lowest BCUT2D eigenvalue weighted by molar-refractivity contribution is -0.137. The normalized spacial score (nSPS) is 22.4. The van der Waals surface area contributed by atoms with Crippen LogP contribution in [-0.2, 0) is 0 Å². The quantitative estimate of drug-likeness (QED) is 0.777. The first-order valence-electron chi connectivity index (χ1n) is 6.27. The largest absolute Gasteiger partial charge is 0.486 e. The predicted octanol–water partition coefficient (Wildman–Crippen LogP) is 4.28. The molecule has 1 aromatic rings. The smallest absolute Gasteiger partial charge is 0.389 e. The topological polar surface area (TPSA) is 26.3 Å². The molecular weight excluding hydrogens is 276 g/mol. The Morgan fingerprint density at radius 2 is 2.05 bits per heavy atom. The molecule has 110 valence electrons. The lowest BCUT2D eigenvalue weighted by atomic mass is 9.87. The number of carbonyl (C=O) groups is 1. The summed E-state index contributed by atoms with van der Waals surface area (Å²) in [5, 5.41) is 0. The van der Waals surface area contributed by atoms with Crippen LogP contribution in [0.3, 0.4) is 0 Å². The van der Waals surface area contributed by atoms with Crippen molar-refractivity contribution < 1.29 is 27.1 Å². The Kier molecular flexibility index (Phi) is 3.75. The lowest BCUT2D eigenvalue weighted by Gasteiger charge is -2.35. The average Bonchev–Trinajstić information content (AvgIpc) is 2.25. The Morgan fingerprint density at radius 1 is 1.35 bits per heavy atom. The molecule has 20 heavy (non-hydrogen) atoms. The SMILES string of the molecule is CC1(CCCC(F)(F)F)CC(=O)c2ccc(F)cc2O1. The summed E-state index contributed by atoms with van der Waals surface area (Å²) in [6, 6.07) is 3.59. The van der Waals surface area contributed by atoms with Crippen LogP contribution < -0.4 is 4.74 Å². The third-order valence-electron chi connectivity index (χ3n) is 3.30. The Bertz CT molecular complexity index is 524. The van der Waals surface area contributed by atoms with Gasteiger partial charge in [-0.2, -0.15) is 13.2 Å². The van der Waals surface area contributed by atoms with E-state index in [0.717, 1.165) is 12.1 Å². The first-order valence-corrected chi connectivity index (χ1v) is 6.27. The summed E-state index contributed by atoms with van der Waals surface area (Å²) in [4.78, 5) is 11.9. The van der Waals surface area contributed by atoms with E-state index >= 15 is 0 Å². The second kappa shape index (κ2) is 5.07. The van der Waals surface area contributed by atoms with Crippen molar-refractivity contribution in [1.82, 2.24) is 0 Å². The van der Waals surface area contributed by atoms with Crippen molar-refractivity contribution in [2.24, 2.45) is 0 Å². The van der Waals surface area contributed by atoms with E-state index in [1.165, 1.54) is 6.07 Å². The highest BCUT2D eigenvalue weighted by Crippen LogP contribution is 2.37. The molecule has 2 rings (SSSR count). The van der Waals surface area contributed by atoms with Gasteiger partial charge in [0.05, 0.1) is 12.0 Å². The monoisotopic (exact) mass is 290 g/mol. The number of Topliss-reactive ketones (excluding diaryl/α,β-unsaturated/α-hetero) is 1. The van der Waals surface area contributed by atoms with Crippen LogP contribution in [0.2, 0.25) is 0 Å². The van der Waals surface area contributed by atoms with Gasteiger partial charge in [-0.05, 0) is 31.9 Å². The fourth-order valence-corrected chi connectivity index (χ4v) is 2.35. The molecule has 0 N–H and O–H groups in total. The highest BCUT2D eigenvalue weighted by molar-refractivity contribution is 6.00. The number of fused-ring (bicyclic) bond motifs is 1. The highest BCUT2D eigenvalue weighted by Gasteiger charge is 2.37. The van der Waals surface area contributed by atoms with Crippen molar-refractivity contribution in [2.45, 2.75) is 44.4 Å². The van der Waals surface area contributed by atoms with E-state index in [2.05, 4.69) is 0 Å². The van der Waals surface area contributed by atoms with Gasteiger partial charge in [-0.15, -0.1) is 0 Å². The number of ketones is 1. The summed E-state index contributed by atoms with van der Waals surface area (Å²) in [5.74, 6) is -0.674. The third kappa shape index (κ3) is 3.49. The number of carbonyl (C=O) groups excluding carboxylic acids is 1. The van der Waals surface area contributed by atoms with Crippen molar-refractivity contribution in [1.29, 1.82) is 0 Å². The van der Waals surface area contributed by atoms with Gasteiger partial charge in [-0.1, -0.05) is 0 Å². The van der Waals surface area contributed by atoms with Crippen LogP contribution in [0.15, 0.2) is 18.2 Å². The predicted molar refractivity (Wildman–Crippen MR) is 64.3 cm³/mol. The molecule has 2 nitrogen and oxygen atoms in total. The van der Waals surface area contributed by atoms with Crippen molar-refractivity contribution in [3.63, 3.8) is 0 Å². The van der Waals surface area contributed by atoms with Crippen LogP contribution in [0.1, 0.15) is 43.0 Å². The summed E-state index contributed by atoms with van der Waals surface area (Å²) < 4.78 is 55.1. The Hall–Kier alpha value is -1.59. The van der Waals surface area contributed by atoms with Crippen molar-refractivity contribution in [3.05, 3.63) is 29.6 Å². The Morgan fingerprint density at radius 3 is 2.70 bits per heavy atom. The molecular formula is C14H14F4O2. The summed E-state index contributed by atoms with van der Waals surface area (Å²) in [6.45, 7) is 1.58. The molecule has 6 heteroatoms. The molecule has 0 spiro atoms. The van der Waals surface area contributed by atoms with Crippen LogP contribution in [-0.4, -0.2) is 17.6 Å². The van der Waals surface area contributed by atoms with Crippen LogP contribution in [0.5, 0.6) is 5.75 Å². The first-order chi connectivity index (χ1) is 9.19. The molecule has 0 fully saturated rings. The van der Waals surface area contributed by atoms with E-state index in [-0.39, 0.29) is 36.4 Å². The number of alkyl halides is 3. The third-order valence-corrected chi connectivity index (χ3v) is 3.30. The van der Waals surface area contributed by atoms with E-state index < -0.39 is 24.0 Å². The van der Waals surface area contributed by atoms with Gasteiger partial charge in [-0.3, -0.25) is 4.79 Å². The fourth-order valence-electron chi connectivity index (χ4n) is 2.35. The van der Waals surface area contributed by atoms with Gasteiger partial charge >= 0.3 is 6.18 Å². The highest BCUT2D eigenvalue weighted by atomic mass is 19.4. The van der Waals surface area contributed by atoms with E-state index in [9.17, 15) is 22.4 Å². The van der Waals surface area contributed by atoms with E-state index in [1.54, 1.807) is 6.92 Å². The zero-order valence-electron chi connectivity index (χ0n) is 10.9. The zero-order chi connectivity index (χ0) is 15.0. The standard InChI is InChI=1S/C14H14F4O2/c1-13(5-2-6-14(16,17)18)8-11(19)10-4-3-9(15)7-12(10)20-13/h3-4,7H,2,5-6,8H2,1H3. The number of hydrogen-bond donors (Lipinski definition) is 0. The van der Waals surface area contributed by atoms with Gasteiger partial charge < -0.3 is 4.74 Å². The van der Waals surface area contributed by atoms with Gasteiger partial charge in [0.15, 0.2) is 5.78 Å². The summed E-state index contributed by atoms with van der Waals surface area (Å²) in [6.07, 6.45) is -5.18. The van der Waals surface area contributed by atoms with Gasteiger partial charge in [-0.25, -0.2) is 4.39 Å². The van der Waals surface area contributed by atoms with Gasteiger partial charge in [0.1, 0.15) is 17.2 Å². The second-order valence-electron chi connectivity index (χ2n) is 5.26. The molecule has 1 heterocycles. The molecule has 0 radical (unpaired) electrons. The first kappa shape index (κ1) is 14.8. The van der Waals surface area contributed by atoms with E-state index in [4.69, 9.17) is 4.74 Å². The van der Waals surface area contributed by atoms with Gasteiger partial charge in [0, 0.05) is 12.5 Å². The number of ether oxygens (including phenoxy) is 1. The zero-order valence-corrected chi connectivity index (χ0v) is 10.9. The molecule has 1 atom stereocenters. The lowest BCUT2D eigenvalue weighted by Crippen LogP contribution is -2.39. The summed E-state index contributed by atoms with van der Waals surface area (Å²) >= 11 is 0. The fraction of sp³-hybridized carbons (Fsp3) is 0.500. The summed E-state index contributed by atoms with van der Waals surface area (Å²) in [7, 11) is 0. The minimum Gasteiger partial charge on any atom is -0.486 e. The van der Waals surface area contributed by atoms with Crippen LogP contribution in [0.25, 0.3) is 0 Å². The molecule has 0 aromatic heterocycles. The van der Waals surface area contributed by atoms with Crippen molar-refractivity contribution >= 4 is 5.78 Å². The van der Waals surface area contributed by atoms with Crippen molar-refractivity contribution in [3.8, 4) is 5.75 Å². The van der Waals surface area contributed by atoms with Crippen LogP contribution >= 0.6 is 0 Å². The Labute approximate surface area is 113 Å². The average molecular weight is 290 g/mol. The van der Waals surface area contributed by atoms with E-state index in [0.29, 0.717) is 0 Å². The second-order valence-corrected chi connectivity index (χ2v) is 5.26. The van der Waals surface area contributed by atoms with Crippen LogP contribution in [0.4, 0.5) is 17.6 Å². The number of benzene rings is 1. The maximum Gasteiger partial charge on any atom is 0.389 e. The number of rotatable bonds is 3. The molecule has 1 aliphatic heterocycles. The molecule has 0 aliphatic carbocycles. The molecule has 0 saturated carbocycles. The number of hydrogen-bond acceptors (Lipinski definition) is 2. The molecule has 1 unspecified atom stereocenters. The Balaban J connectivity index is 2.10.